The van der Waals surface area contributed by atoms with E-state index < -0.39 is 0 Å². The number of rotatable bonds is 6. The van der Waals surface area contributed by atoms with Crippen molar-refractivity contribution >= 4 is 43.9 Å². The molecule has 11 aromatic rings. The van der Waals surface area contributed by atoms with E-state index >= 15 is 0 Å². The Morgan fingerprint density at radius 1 is 0.393 bits per heavy atom. The van der Waals surface area contributed by atoms with Gasteiger partial charge in [0.25, 0.3) is 0 Å². The van der Waals surface area contributed by atoms with Crippen LogP contribution in [0.1, 0.15) is 0 Å². The summed E-state index contributed by atoms with van der Waals surface area (Å²) in [7, 11) is 0. The summed E-state index contributed by atoms with van der Waals surface area (Å²) in [6.45, 7) is 0. The molecule has 0 amide bonds. The molecule has 0 aliphatic heterocycles. The molecular weight excluding hydrogens is 683 g/mol. The van der Waals surface area contributed by atoms with Crippen molar-refractivity contribution in [3.05, 3.63) is 200 Å². The lowest BCUT2D eigenvalue weighted by Gasteiger charge is -2.11. The van der Waals surface area contributed by atoms with E-state index in [1.165, 1.54) is 21.9 Å². The Hall–Kier alpha value is -7.56. The van der Waals surface area contributed by atoms with Crippen molar-refractivity contribution < 1.29 is 4.42 Å². The number of furan rings is 1. The summed E-state index contributed by atoms with van der Waals surface area (Å²) in [5.41, 5.74) is 15.3. The summed E-state index contributed by atoms with van der Waals surface area (Å²) in [6.07, 6.45) is 0. The van der Waals surface area contributed by atoms with Gasteiger partial charge in [-0.15, -0.1) is 0 Å². The molecule has 56 heavy (non-hydrogen) atoms. The summed E-state index contributed by atoms with van der Waals surface area (Å²) in [5, 5.41) is 3.38. The van der Waals surface area contributed by atoms with Crippen molar-refractivity contribution in [2.45, 2.75) is 0 Å². The van der Waals surface area contributed by atoms with Gasteiger partial charge in [-0.3, -0.25) is 0 Å². The fourth-order valence-corrected chi connectivity index (χ4v) is 8.19. The number of hydrogen-bond donors (Lipinski definition) is 0. The summed E-state index contributed by atoms with van der Waals surface area (Å²) in [6, 6.07) is 70.4. The molecule has 0 saturated carbocycles. The summed E-state index contributed by atoms with van der Waals surface area (Å²) >= 11 is 0. The van der Waals surface area contributed by atoms with Crippen molar-refractivity contribution in [2.75, 3.05) is 0 Å². The number of aromatic nitrogens is 3. The Kier molecular flexibility index (Phi) is 7.46. The summed E-state index contributed by atoms with van der Waals surface area (Å²) in [4.78, 5) is 10.5. The first-order valence-corrected chi connectivity index (χ1v) is 18.9. The van der Waals surface area contributed by atoms with Crippen LogP contribution in [0.15, 0.2) is 205 Å². The minimum atomic E-state index is 0.649. The van der Waals surface area contributed by atoms with Crippen LogP contribution < -0.4 is 0 Å². The SMILES string of the molecule is c1ccc(-c2cccc(-c3nc(-c4cccc(-c5cccc6c5c5cc(-c7ccccc7)ccc5n6-c5ccccc5)c4)nc4c3oc3ccccc34)c2)cc1. The van der Waals surface area contributed by atoms with Gasteiger partial charge in [-0.2, -0.15) is 0 Å². The van der Waals surface area contributed by atoms with Crippen LogP contribution in [-0.4, -0.2) is 14.5 Å². The maximum absolute atomic E-state index is 6.51. The molecule has 0 spiro atoms. The first-order valence-electron chi connectivity index (χ1n) is 18.9. The van der Waals surface area contributed by atoms with Crippen LogP contribution in [0.2, 0.25) is 0 Å². The van der Waals surface area contributed by atoms with Crippen LogP contribution in [0.4, 0.5) is 0 Å². The minimum absolute atomic E-state index is 0.649. The Morgan fingerprint density at radius 3 is 1.79 bits per heavy atom. The van der Waals surface area contributed by atoms with Crippen molar-refractivity contribution in [3.63, 3.8) is 0 Å². The second kappa shape index (κ2) is 13.1. The van der Waals surface area contributed by atoms with Crippen LogP contribution in [0.25, 0.3) is 106 Å². The van der Waals surface area contributed by atoms with Gasteiger partial charge in [-0.05, 0) is 88.0 Å². The maximum atomic E-state index is 6.51. The number of hydrogen-bond acceptors (Lipinski definition) is 3. The van der Waals surface area contributed by atoms with Gasteiger partial charge >= 0.3 is 0 Å². The van der Waals surface area contributed by atoms with Crippen molar-refractivity contribution in [1.82, 2.24) is 14.5 Å². The third-order valence-corrected chi connectivity index (χ3v) is 10.8. The summed E-state index contributed by atoms with van der Waals surface area (Å²) in [5.74, 6) is 0.649. The fourth-order valence-electron chi connectivity index (χ4n) is 8.19. The first-order chi connectivity index (χ1) is 27.8. The van der Waals surface area contributed by atoms with Crippen molar-refractivity contribution in [3.8, 4) is 61.7 Å². The second-order valence-electron chi connectivity index (χ2n) is 14.2. The third kappa shape index (κ3) is 5.31. The number of nitrogens with zero attached hydrogens (tertiary/aromatic N) is 3. The van der Waals surface area contributed by atoms with Gasteiger partial charge in [-0.1, -0.05) is 146 Å². The monoisotopic (exact) mass is 715 g/mol. The molecule has 0 N–H and O–H groups in total. The molecule has 4 heteroatoms. The lowest BCUT2D eigenvalue weighted by Crippen LogP contribution is -1.95. The second-order valence-corrected chi connectivity index (χ2v) is 14.2. The predicted octanol–water partition coefficient (Wildman–Crippen LogP) is 13.8. The van der Waals surface area contributed by atoms with Gasteiger partial charge in [-0.25, -0.2) is 9.97 Å². The quantitative estimate of drug-likeness (QED) is 0.172. The van der Waals surface area contributed by atoms with Crippen LogP contribution in [0.3, 0.4) is 0 Å². The molecule has 0 radical (unpaired) electrons. The largest absolute Gasteiger partial charge is 0.452 e. The van der Waals surface area contributed by atoms with E-state index in [9.17, 15) is 0 Å². The standard InChI is InChI=1S/C52H33N3O/c1-4-15-34(16-5-1)36-19-12-21-39(31-36)49-51-50(43-25-10-11-28-47(43)56-51)54-52(53-49)40-22-13-20-38(32-40)42-26-14-27-46-48(42)44-33-37(35-17-6-2-7-18-35)29-30-45(44)55(46)41-23-8-3-9-24-41/h1-33H. The molecule has 0 unspecified atom stereocenters. The maximum Gasteiger partial charge on any atom is 0.180 e. The van der Waals surface area contributed by atoms with Gasteiger partial charge in [0.05, 0.1) is 11.0 Å². The topological polar surface area (TPSA) is 43.9 Å². The molecule has 8 aromatic carbocycles. The highest BCUT2D eigenvalue weighted by Gasteiger charge is 2.21. The van der Waals surface area contributed by atoms with Crippen LogP contribution in [-0.2, 0) is 0 Å². The molecular formula is C52H33N3O. The smallest absolute Gasteiger partial charge is 0.180 e. The molecule has 0 saturated heterocycles. The highest BCUT2D eigenvalue weighted by molar-refractivity contribution is 6.17. The highest BCUT2D eigenvalue weighted by Crippen LogP contribution is 2.42. The molecule has 0 aliphatic rings. The first kappa shape index (κ1) is 31.9. The highest BCUT2D eigenvalue weighted by atomic mass is 16.3. The Bertz CT molecular complexity index is 3240. The Morgan fingerprint density at radius 2 is 1.00 bits per heavy atom. The lowest BCUT2D eigenvalue weighted by molar-refractivity contribution is 0.667. The van der Waals surface area contributed by atoms with E-state index in [0.29, 0.717) is 11.4 Å². The molecule has 11 rings (SSSR count). The zero-order chi connectivity index (χ0) is 37.0. The van der Waals surface area contributed by atoms with Gasteiger partial charge in [0.15, 0.2) is 11.4 Å². The normalized spacial score (nSPS) is 11.6. The van der Waals surface area contributed by atoms with Crippen LogP contribution in [0, 0.1) is 0 Å². The Labute approximate surface area is 323 Å². The minimum Gasteiger partial charge on any atom is -0.452 e. The molecule has 262 valence electrons. The van der Waals surface area contributed by atoms with Crippen molar-refractivity contribution in [2.24, 2.45) is 0 Å². The van der Waals surface area contributed by atoms with E-state index in [1.807, 2.05) is 24.3 Å². The van der Waals surface area contributed by atoms with Gasteiger partial charge in [0.2, 0.25) is 0 Å². The third-order valence-electron chi connectivity index (χ3n) is 10.8. The predicted molar refractivity (Wildman–Crippen MR) is 231 cm³/mol. The van der Waals surface area contributed by atoms with E-state index in [1.54, 1.807) is 0 Å². The van der Waals surface area contributed by atoms with E-state index in [0.717, 1.165) is 72.3 Å². The molecule has 4 nitrogen and oxygen atoms in total. The van der Waals surface area contributed by atoms with E-state index in [-0.39, 0.29) is 0 Å². The lowest BCUT2D eigenvalue weighted by atomic mass is 9.96. The van der Waals surface area contributed by atoms with Gasteiger partial charge in [0.1, 0.15) is 16.8 Å². The zero-order valence-corrected chi connectivity index (χ0v) is 30.3. The average molecular weight is 716 g/mol. The molecule has 3 heterocycles. The number of para-hydroxylation sites is 2. The summed E-state index contributed by atoms with van der Waals surface area (Å²) < 4.78 is 8.89. The molecule has 0 bridgehead atoms. The van der Waals surface area contributed by atoms with Crippen LogP contribution >= 0.6 is 0 Å². The van der Waals surface area contributed by atoms with Gasteiger partial charge in [0, 0.05) is 33.0 Å². The molecule has 0 atom stereocenters. The average Bonchev–Trinajstić information content (AvgIpc) is 3.83. The van der Waals surface area contributed by atoms with Gasteiger partial charge < -0.3 is 8.98 Å². The van der Waals surface area contributed by atoms with Crippen molar-refractivity contribution in [1.29, 1.82) is 0 Å². The number of fused-ring (bicyclic) bond motifs is 6. The van der Waals surface area contributed by atoms with Crippen LogP contribution in [0.5, 0.6) is 0 Å². The number of benzene rings is 8. The zero-order valence-electron chi connectivity index (χ0n) is 30.3. The molecule has 0 fully saturated rings. The van der Waals surface area contributed by atoms with E-state index in [2.05, 4.69) is 180 Å². The Balaban J connectivity index is 1.12. The molecule has 0 aliphatic carbocycles. The molecule has 3 aromatic heterocycles. The fraction of sp³-hybridized carbons (Fsp3) is 0. The van der Waals surface area contributed by atoms with E-state index in [4.69, 9.17) is 14.4 Å².